The third-order valence-corrected chi connectivity index (χ3v) is 4.87. The zero-order valence-electron chi connectivity index (χ0n) is 14.3. The first-order valence-corrected chi connectivity index (χ1v) is 9.55. The molecule has 0 amide bonds. The molecule has 0 spiro atoms. The molecule has 2 rings (SSSR count). The van der Waals surface area contributed by atoms with Crippen LogP contribution in [0.5, 0.6) is 0 Å². The number of hydrogen-bond donors (Lipinski definition) is 2. The van der Waals surface area contributed by atoms with E-state index >= 15 is 0 Å². The molecule has 0 aliphatic rings. The molecule has 0 saturated heterocycles. The number of hydrogen-bond acceptors (Lipinski definition) is 2. The third kappa shape index (κ3) is 6.54. The van der Waals surface area contributed by atoms with Crippen LogP contribution in [0.4, 0.5) is 0 Å². The monoisotopic (exact) mass is 343 g/mol. The summed E-state index contributed by atoms with van der Waals surface area (Å²) >= 11 is 0. The first-order chi connectivity index (χ1) is 11.7. The summed E-state index contributed by atoms with van der Waals surface area (Å²) in [6, 6.07) is 18.3. The number of rotatable bonds is 7. The van der Waals surface area contributed by atoms with Gasteiger partial charge in [-0.05, 0) is 18.1 Å². The summed E-state index contributed by atoms with van der Waals surface area (Å²) in [6.45, 7) is 3.43. The average molecular weight is 343 g/mol. The molecule has 0 aromatic heterocycles. The summed E-state index contributed by atoms with van der Waals surface area (Å²) in [7, 11) is 0.865. The minimum atomic E-state index is -0.878. The van der Waals surface area contributed by atoms with Gasteiger partial charge in [0.05, 0.1) is 0 Å². The molecule has 0 heterocycles. The molecule has 2 aromatic carbocycles. The molecule has 1 atom stereocenters. The van der Waals surface area contributed by atoms with E-state index < -0.39 is 10.8 Å². The molecule has 5 heteroatoms. The van der Waals surface area contributed by atoms with Crippen LogP contribution in [0.25, 0.3) is 0 Å². The van der Waals surface area contributed by atoms with Crippen molar-refractivity contribution in [1.82, 2.24) is 10.6 Å². The van der Waals surface area contributed by atoms with Crippen LogP contribution in [0.2, 0.25) is 0 Å². The second kappa shape index (κ2) is 9.88. The van der Waals surface area contributed by atoms with Crippen LogP contribution in [-0.2, 0) is 23.1 Å². The number of guanidine groups is 1. The van der Waals surface area contributed by atoms with Crippen molar-refractivity contribution in [2.45, 2.75) is 19.2 Å². The fourth-order valence-electron chi connectivity index (χ4n) is 2.34. The molecular formula is C19H25N3OS. The minimum Gasteiger partial charge on any atom is -0.355 e. The zero-order chi connectivity index (χ0) is 17.2. The van der Waals surface area contributed by atoms with Gasteiger partial charge in [-0.25, -0.2) is 0 Å². The van der Waals surface area contributed by atoms with E-state index in [9.17, 15) is 4.21 Å². The molecule has 24 heavy (non-hydrogen) atoms. The van der Waals surface area contributed by atoms with Crippen molar-refractivity contribution in [2.75, 3.05) is 19.3 Å². The zero-order valence-corrected chi connectivity index (χ0v) is 15.1. The normalized spacial score (nSPS) is 12.7. The summed E-state index contributed by atoms with van der Waals surface area (Å²) in [5.41, 5.74) is 3.57. The van der Waals surface area contributed by atoms with Gasteiger partial charge in [-0.15, -0.1) is 0 Å². The van der Waals surface area contributed by atoms with Crippen molar-refractivity contribution in [3.05, 3.63) is 71.3 Å². The van der Waals surface area contributed by atoms with Crippen LogP contribution in [0.15, 0.2) is 59.6 Å². The van der Waals surface area contributed by atoms with E-state index in [-0.39, 0.29) is 0 Å². The second-order valence-corrected chi connectivity index (χ2v) is 7.19. The van der Waals surface area contributed by atoms with E-state index in [1.54, 1.807) is 7.05 Å². The topological polar surface area (TPSA) is 53.5 Å². The lowest BCUT2D eigenvalue weighted by Gasteiger charge is -2.12. The van der Waals surface area contributed by atoms with Crippen molar-refractivity contribution in [3.8, 4) is 0 Å². The van der Waals surface area contributed by atoms with Gasteiger partial charge in [0, 0.05) is 42.4 Å². The van der Waals surface area contributed by atoms with Crippen molar-refractivity contribution in [3.63, 3.8) is 0 Å². The molecule has 2 aromatic rings. The predicted molar refractivity (Wildman–Crippen MR) is 103 cm³/mol. The summed E-state index contributed by atoms with van der Waals surface area (Å²) in [6.07, 6.45) is 0. The molecule has 0 radical (unpaired) electrons. The fourth-order valence-corrected chi connectivity index (χ4v) is 3.38. The van der Waals surface area contributed by atoms with Crippen molar-refractivity contribution < 1.29 is 4.21 Å². The Balaban J connectivity index is 1.70. The maximum absolute atomic E-state index is 12.1. The SMILES string of the molecule is CN=C(NCCS(=O)Cc1ccccc1)NCc1cccc(C)c1. The van der Waals surface area contributed by atoms with Crippen LogP contribution in [0, 0.1) is 6.92 Å². The van der Waals surface area contributed by atoms with Crippen LogP contribution in [0.1, 0.15) is 16.7 Å². The number of aliphatic imine (C=N–C) groups is 1. The Morgan fingerprint density at radius 3 is 2.50 bits per heavy atom. The molecule has 0 aliphatic carbocycles. The van der Waals surface area contributed by atoms with Crippen molar-refractivity contribution in [2.24, 2.45) is 4.99 Å². The Labute approximate surface area is 146 Å². The van der Waals surface area contributed by atoms with Crippen LogP contribution < -0.4 is 10.6 Å². The lowest BCUT2D eigenvalue weighted by atomic mass is 10.1. The summed E-state index contributed by atoms with van der Waals surface area (Å²) in [5.74, 6) is 1.92. The number of benzene rings is 2. The molecule has 2 N–H and O–H groups in total. The Morgan fingerprint density at radius 1 is 1.04 bits per heavy atom. The van der Waals surface area contributed by atoms with Gasteiger partial charge in [0.2, 0.25) is 0 Å². The van der Waals surface area contributed by atoms with E-state index in [4.69, 9.17) is 0 Å². The Bertz CT molecular complexity index is 686. The Kier molecular flexibility index (Phi) is 7.49. The van der Waals surface area contributed by atoms with Gasteiger partial charge in [0.15, 0.2) is 5.96 Å². The molecule has 1 unspecified atom stereocenters. The number of nitrogens with one attached hydrogen (secondary N) is 2. The van der Waals surface area contributed by atoms with Crippen molar-refractivity contribution >= 4 is 16.8 Å². The van der Waals surface area contributed by atoms with E-state index in [1.165, 1.54) is 11.1 Å². The van der Waals surface area contributed by atoms with Gasteiger partial charge < -0.3 is 10.6 Å². The molecule has 128 valence electrons. The highest BCUT2D eigenvalue weighted by Gasteiger charge is 2.03. The molecule has 0 saturated carbocycles. The van der Waals surface area contributed by atoms with Crippen molar-refractivity contribution in [1.29, 1.82) is 0 Å². The van der Waals surface area contributed by atoms with E-state index in [2.05, 4.69) is 46.8 Å². The summed E-state index contributed by atoms with van der Waals surface area (Å²) in [4.78, 5) is 4.20. The first kappa shape index (κ1) is 18.2. The quantitative estimate of drug-likeness (QED) is 0.600. The van der Waals surface area contributed by atoms with Gasteiger partial charge in [-0.2, -0.15) is 0 Å². The first-order valence-electron chi connectivity index (χ1n) is 8.06. The maximum atomic E-state index is 12.1. The minimum absolute atomic E-state index is 0.595. The van der Waals surface area contributed by atoms with E-state index in [0.29, 0.717) is 24.6 Å². The molecule has 4 nitrogen and oxygen atoms in total. The average Bonchev–Trinajstić information content (AvgIpc) is 2.59. The largest absolute Gasteiger partial charge is 0.355 e. The molecule has 0 aliphatic heterocycles. The van der Waals surface area contributed by atoms with Crippen LogP contribution in [-0.4, -0.2) is 29.5 Å². The smallest absolute Gasteiger partial charge is 0.191 e. The highest BCUT2D eigenvalue weighted by Crippen LogP contribution is 2.03. The van der Waals surface area contributed by atoms with Gasteiger partial charge in [0.25, 0.3) is 0 Å². The van der Waals surface area contributed by atoms with Gasteiger partial charge in [0.1, 0.15) is 0 Å². The second-order valence-electron chi connectivity index (χ2n) is 5.62. The highest BCUT2D eigenvalue weighted by molar-refractivity contribution is 7.84. The molecule has 0 bridgehead atoms. The fraction of sp³-hybridized carbons (Fsp3) is 0.316. The van der Waals surface area contributed by atoms with Crippen LogP contribution >= 0.6 is 0 Å². The number of aryl methyl sites for hydroxylation is 1. The standard InChI is InChI=1S/C19H25N3OS/c1-16-7-6-10-18(13-16)14-22-19(20-2)21-11-12-24(23)15-17-8-4-3-5-9-17/h3-10,13H,11-12,14-15H2,1-2H3,(H2,20,21,22). The van der Waals surface area contributed by atoms with E-state index in [1.807, 2.05) is 30.3 Å². The number of nitrogens with zero attached hydrogens (tertiary/aromatic N) is 1. The summed E-state index contributed by atoms with van der Waals surface area (Å²) < 4.78 is 12.1. The maximum Gasteiger partial charge on any atom is 0.191 e. The Hall–Kier alpha value is -2.14. The summed E-state index contributed by atoms with van der Waals surface area (Å²) in [5, 5.41) is 6.49. The molecular weight excluding hydrogens is 318 g/mol. The van der Waals surface area contributed by atoms with E-state index in [0.717, 1.165) is 11.5 Å². The Morgan fingerprint density at radius 2 is 1.79 bits per heavy atom. The van der Waals surface area contributed by atoms with Gasteiger partial charge in [-0.3, -0.25) is 9.20 Å². The molecule has 0 fully saturated rings. The lowest BCUT2D eigenvalue weighted by molar-refractivity contribution is 0.680. The third-order valence-electron chi connectivity index (χ3n) is 3.56. The van der Waals surface area contributed by atoms with Gasteiger partial charge >= 0.3 is 0 Å². The lowest BCUT2D eigenvalue weighted by Crippen LogP contribution is -2.38. The predicted octanol–water partition coefficient (Wildman–Crippen LogP) is 2.61. The van der Waals surface area contributed by atoms with Crippen LogP contribution in [0.3, 0.4) is 0 Å². The highest BCUT2D eigenvalue weighted by atomic mass is 32.2. The van der Waals surface area contributed by atoms with Gasteiger partial charge in [-0.1, -0.05) is 60.2 Å².